The summed E-state index contributed by atoms with van der Waals surface area (Å²) in [6.07, 6.45) is 0. The van der Waals surface area contributed by atoms with Crippen molar-refractivity contribution in [3.63, 3.8) is 0 Å². The molecule has 0 heterocycles. The van der Waals surface area contributed by atoms with Crippen molar-refractivity contribution in [2.75, 3.05) is 18.2 Å². The molecule has 0 aromatic heterocycles. The number of amides is 1. The fourth-order valence-corrected chi connectivity index (χ4v) is 1.95. The predicted molar refractivity (Wildman–Crippen MR) is 82.6 cm³/mol. The molecule has 2 aromatic rings. The van der Waals surface area contributed by atoms with Crippen LogP contribution in [0, 0.1) is 10.1 Å². The van der Waals surface area contributed by atoms with Crippen LogP contribution in [0.4, 0.5) is 17.1 Å². The maximum atomic E-state index is 12.2. The number of carbonyl (C=O) groups is 1. The molecule has 0 saturated carbocycles. The Morgan fingerprint density at radius 2 is 2.09 bits per heavy atom. The van der Waals surface area contributed by atoms with Crippen LogP contribution >= 0.6 is 0 Å². The van der Waals surface area contributed by atoms with Crippen molar-refractivity contribution < 1.29 is 14.5 Å². The van der Waals surface area contributed by atoms with Crippen molar-refractivity contribution >= 4 is 23.0 Å². The second-order valence-corrected chi connectivity index (χ2v) is 4.62. The van der Waals surface area contributed by atoms with E-state index in [0.29, 0.717) is 12.3 Å². The van der Waals surface area contributed by atoms with E-state index in [1.54, 1.807) is 25.3 Å². The van der Waals surface area contributed by atoms with Gasteiger partial charge in [-0.1, -0.05) is 12.1 Å². The quantitative estimate of drug-likeness (QED) is 0.501. The summed E-state index contributed by atoms with van der Waals surface area (Å²) in [7, 11) is 1.58. The summed E-state index contributed by atoms with van der Waals surface area (Å²) < 4.78 is 5.03. The van der Waals surface area contributed by atoms with Gasteiger partial charge in [-0.3, -0.25) is 14.9 Å². The largest absolute Gasteiger partial charge is 0.393 e. The lowest BCUT2D eigenvalue weighted by atomic mass is 10.1. The number of hydrogen-bond acceptors (Lipinski definition) is 5. The van der Waals surface area contributed by atoms with Crippen LogP contribution in [-0.2, 0) is 11.3 Å². The first kappa shape index (κ1) is 15.5. The van der Waals surface area contributed by atoms with Crippen molar-refractivity contribution in [1.29, 1.82) is 0 Å². The number of nitrogens with two attached hydrogens (primary N) is 1. The maximum Gasteiger partial charge on any atom is 0.292 e. The lowest BCUT2D eigenvalue weighted by molar-refractivity contribution is -0.383. The van der Waals surface area contributed by atoms with E-state index in [1.165, 1.54) is 12.1 Å². The van der Waals surface area contributed by atoms with E-state index in [9.17, 15) is 14.9 Å². The lowest BCUT2D eigenvalue weighted by Gasteiger charge is -2.07. The first-order chi connectivity index (χ1) is 10.5. The number of nitro benzene ring substituents is 1. The number of nitro groups is 1. The Morgan fingerprint density at radius 3 is 2.77 bits per heavy atom. The van der Waals surface area contributed by atoms with Crippen molar-refractivity contribution in [1.82, 2.24) is 0 Å². The maximum absolute atomic E-state index is 12.2. The van der Waals surface area contributed by atoms with Gasteiger partial charge < -0.3 is 15.8 Å². The number of nitrogens with one attached hydrogen (secondary N) is 1. The zero-order chi connectivity index (χ0) is 16.1. The molecule has 3 N–H and O–H groups in total. The van der Waals surface area contributed by atoms with Gasteiger partial charge in [0, 0.05) is 24.4 Å². The van der Waals surface area contributed by atoms with Crippen molar-refractivity contribution in [3.8, 4) is 0 Å². The van der Waals surface area contributed by atoms with Crippen LogP contribution in [0.1, 0.15) is 15.9 Å². The Kier molecular flexibility index (Phi) is 4.70. The van der Waals surface area contributed by atoms with Crippen LogP contribution in [0.15, 0.2) is 42.5 Å². The number of anilines is 2. The summed E-state index contributed by atoms with van der Waals surface area (Å²) in [4.78, 5) is 22.4. The van der Waals surface area contributed by atoms with Gasteiger partial charge in [-0.15, -0.1) is 0 Å². The highest BCUT2D eigenvalue weighted by atomic mass is 16.6. The summed E-state index contributed by atoms with van der Waals surface area (Å²) in [5.41, 5.74) is 6.89. The summed E-state index contributed by atoms with van der Waals surface area (Å²) in [5, 5.41) is 13.5. The van der Waals surface area contributed by atoms with Crippen LogP contribution in [0.3, 0.4) is 0 Å². The minimum absolute atomic E-state index is 0.0173. The predicted octanol–water partition coefficient (Wildman–Crippen LogP) is 2.58. The molecule has 1 amide bonds. The number of nitrogens with zero attached hydrogens (tertiary/aromatic N) is 1. The molecule has 0 radical (unpaired) electrons. The minimum Gasteiger partial charge on any atom is -0.393 e. The van der Waals surface area contributed by atoms with Crippen LogP contribution < -0.4 is 11.1 Å². The number of carbonyl (C=O) groups excluding carboxylic acids is 1. The van der Waals surface area contributed by atoms with Gasteiger partial charge in [0.05, 0.1) is 11.5 Å². The summed E-state index contributed by atoms with van der Waals surface area (Å²) >= 11 is 0. The standard InChI is InChI=1S/C15H15N3O4/c1-22-9-10-3-2-4-12(7-10)17-15(19)11-5-6-13(16)14(8-11)18(20)21/h2-8H,9,16H2,1H3,(H,17,19). The monoisotopic (exact) mass is 301 g/mol. The molecule has 114 valence electrons. The minimum atomic E-state index is -0.620. The smallest absolute Gasteiger partial charge is 0.292 e. The molecule has 0 aliphatic heterocycles. The average Bonchev–Trinajstić information content (AvgIpc) is 2.48. The molecule has 0 atom stereocenters. The molecule has 0 bridgehead atoms. The van der Waals surface area contributed by atoms with Gasteiger partial charge in [-0.25, -0.2) is 0 Å². The molecule has 0 saturated heterocycles. The van der Waals surface area contributed by atoms with E-state index < -0.39 is 10.8 Å². The Labute approximate surface area is 126 Å². The third kappa shape index (κ3) is 3.58. The molecule has 2 aromatic carbocycles. The fourth-order valence-electron chi connectivity index (χ4n) is 1.95. The van der Waals surface area contributed by atoms with E-state index in [1.807, 2.05) is 6.07 Å². The first-order valence-electron chi connectivity index (χ1n) is 6.44. The van der Waals surface area contributed by atoms with E-state index >= 15 is 0 Å². The Bertz CT molecular complexity index is 716. The van der Waals surface area contributed by atoms with Gasteiger partial charge in [-0.05, 0) is 29.8 Å². The molecule has 2 rings (SSSR count). The Balaban J connectivity index is 2.20. The number of hydrogen-bond donors (Lipinski definition) is 2. The highest BCUT2D eigenvalue weighted by molar-refractivity contribution is 6.05. The number of methoxy groups -OCH3 is 1. The summed E-state index contributed by atoms with van der Waals surface area (Å²) in [6, 6.07) is 11.1. The topological polar surface area (TPSA) is 107 Å². The number of rotatable bonds is 5. The van der Waals surface area contributed by atoms with Crippen LogP contribution in [0.5, 0.6) is 0 Å². The third-order valence-corrected chi connectivity index (χ3v) is 2.99. The van der Waals surface area contributed by atoms with Crippen molar-refractivity contribution in [3.05, 3.63) is 63.7 Å². The molecular formula is C15H15N3O4. The van der Waals surface area contributed by atoms with E-state index in [0.717, 1.165) is 11.6 Å². The molecule has 0 fully saturated rings. The molecule has 0 aliphatic carbocycles. The normalized spacial score (nSPS) is 10.2. The van der Waals surface area contributed by atoms with E-state index in [4.69, 9.17) is 10.5 Å². The molecule has 22 heavy (non-hydrogen) atoms. The van der Waals surface area contributed by atoms with Gasteiger partial charge in [0.25, 0.3) is 11.6 Å². The van der Waals surface area contributed by atoms with Crippen LogP contribution in [0.2, 0.25) is 0 Å². The Morgan fingerprint density at radius 1 is 1.32 bits per heavy atom. The second kappa shape index (κ2) is 6.68. The van der Waals surface area contributed by atoms with E-state index in [2.05, 4.69) is 5.32 Å². The van der Waals surface area contributed by atoms with Crippen LogP contribution in [-0.4, -0.2) is 17.9 Å². The lowest BCUT2D eigenvalue weighted by Crippen LogP contribution is -2.12. The zero-order valence-corrected chi connectivity index (χ0v) is 11.9. The molecular weight excluding hydrogens is 286 g/mol. The van der Waals surface area contributed by atoms with Gasteiger partial charge in [0.2, 0.25) is 0 Å². The summed E-state index contributed by atoms with van der Waals surface area (Å²) in [6.45, 7) is 0.428. The summed E-state index contributed by atoms with van der Waals surface area (Å²) in [5.74, 6) is -0.447. The van der Waals surface area contributed by atoms with E-state index in [-0.39, 0.29) is 16.9 Å². The van der Waals surface area contributed by atoms with Gasteiger partial charge in [0.15, 0.2) is 0 Å². The van der Waals surface area contributed by atoms with Gasteiger partial charge >= 0.3 is 0 Å². The molecule has 0 unspecified atom stereocenters. The molecule has 7 heteroatoms. The molecule has 0 aliphatic rings. The second-order valence-electron chi connectivity index (χ2n) is 4.62. The van der Waals surface area contributed by atoms with Gasteiger partial charge in [0.1, 0.15) is 5.69 Å². The van der Waals surface area contributed by atoms with Crippen LogP contribution in [0.25, 0.3) is 0 Å². The zero-order valence-electron chi connectivity index (χ0n) is 11.9. The molecule has 0 spiro atoms. The highest BCUT2D eigenvalue weighted by Gasteiger charge is 2.15. The Hall–Kier alpha value is -2.93. The third-order valence-electron chi connectivity index (χ3n) is 2.99. The highest BCUT2D eigenvalue weighted by Crippen LogP contribution is 2.23. The SMILES string of the molecule is COCc1cccc(NC(=O)c2ccc(N)c([N+](=O)[O-])c2)c1. The fraction of sp³-hybridized carbons (Fsp3) is 0.133. The number of benzene rings is 2. The van der Waals surface area contributed by atoms with Crippen molar-refractivity contribution in [2.24, 2.45) is 0 Å². The molecule has 7 nitrogen and oxygen atoms in total. The van der Waals surface area contributed by atoms with Crippen molar-refractivity contribution in [2.45, 2.75) is 6.61 Å². The number of nitrogen functional groups attached to an aromatic ring is 1. The number of ether oxygens (including phenoxy) is 1. The first-order valence-corrected chi connectivity index (χ1v) is 6.44. The average molecular weight is 301 g/mol. The van der Waals surface area contributed by atoms with Gasteiger partial charge in [-0.2, -0.15) is 0 Å².